The molecule has 0 unspecified atom stereocenters. The third kappa shape index (κ3) is 8.82. The first-order valence-corrected chi connectivity index (χ1v) is 12.2. The van der Waals surface area contributed by atoms with Crippen LogP contribution in [0.3, 0.4) is 0 Å². The normalized spacial score (nSPS) is 13.1. The fourth-order valence-corrected chi connectivity index (χ4v) is 4.53. The summed E-state index contributed by atoms with van der Waals surface area (Å²) in [5.41, 5.74) is 0.460. The first-order chi connectivity index (χ1) is 16.4. The van der Waals surface area contributed by atoms with Gasteiger partial charge in [0.25, 0.3) is 5.91 Å². The van der Waals surface area contributed by atoms with Crippen molar-refractivity contribution in [3.05, 3.63) is 56.5 Å². The number of hydrogen-bond donors (Lipinski definition) is 3. The van der Waals surface area contributed by atoms with E-state index in [0.717, 1.165) is 37.7 Å². The molecule has 2 aromatic rings. The van der Waals surface area contributed by atoms with Crippen LogP contribution in [0.15, 0.2) is 30.3 Å². The van der Waals surface area contributed by atoms with E-state index in [-0.39, 0.29) is 18.0 Å². The fourth-order valence-electron chi connectivity index (χ4n) is 2.86. The van der Waals surface area contributed by atoms with Crippen molar-refractivity contribution in [2.24, 2.45) is 0 Å². The van der Waals surface area contributed by atoms with Gasteiger partial charge in [0.2, 0.25) is 5.12 Å². The Hall–Kier alpha value is -2.64. The molecule has 0 aliphatic carbocycles. The van der Waals surface area contributed by atoms with Crippen LogP contribution in [-0.2, 0) is 4.79 Å². The van der Waals surface area contributed by atoms with Gasteiger partial charge in [0.1, 0.15) is 11.7 Å². The Kier molecular flexibility index (Phi) is 10.5. The van der Waals surface area contributed by atoms with Gasteiger partial charge in [-0.15, -0.1) is 11.3 Å². The molecule has 3 N–H and O–H groups in total. The van der Waals surface area contributed by atoms with E-state index < -0.39 is 23.1 Å². The van der Waals surface area contributed by atoms with Gasteiger partial charge in [0, 0.05) is 31.0 Å². The highest BCUT2D eigenvalue weighted by atomic mass is 35.5. The van der Waals surface area contributed by atoms with E-state index in [9.17, 15) is 27.2 Å². The predicted octanol–water partition coefficient (Wildman–Crippen LogP) is 4.90. The predicted molar refractivity (Wildman–Crippen MR) is 126 cm³/mol. The summed E-state index contributed by atoms with van der Waals surface area (Å²) in [5.74, 6) is -3.02. The number of aliphatic carboxylic acids is 1. The van der Waals surface area contributed by atoms with Crippen LogP contribution in [-0.4, -0.2) is 64.4 Å². The average molecular weight is 554 g/mol. The van der Waals surface area contributed by atoms with E-state index in [1.807, 2.05) is 4.90 Å². The molecule has 1 aromatic heterocycles. The lowest BCUT2D eigenvalue weighted by atomic mass is 10.1. The SMILES string of the molecule is N=C(c1ccc(C(=O)SCCNC(=O)c2ccc(Cl)s2)c(F)c1)N1CCCC1.O=C(O)C(F)(F)F. The van der Waals surface area contributed by atoms with Gasteiger partial charge in [0.15, 0.2) is 0 Å². The molecule has 1 aliphatic rings. The molecule has 0 atom stereocenters. The van der Waals surface area contributed by atoms with E-state index >= 15 is 0 Å². The maximum atomic E-state index is 14.4. The summed E-state index contributed by atoms with van der Waals surface area (Å²) in [4.78, 5) is 35.5. The third-order valence-corrected chi connectivity index (χ3v) is 6.67. The summed E-state index contributed by atoms with van der Waals surface area (Å²) in [6.07, 6.45) is -3.01. The quantitative estimate of drug-likeness (QED) is 0.203. The molecule has 2 heterocycles. The maximum Gasteiger partial charge on any atom is 0.490 e. The number of benzene rings is 1. The van der Waals surface area contributed by atoms with Gasteiger partial charge < -0.3 is 15.3 Å². The van der Waals surface area contributed by atoms with Gasteiger partial charge in [-0.2, -0.15) is 13.2 Å². The first kappa shape index (κ1) is 28.6. The van der Waals surface area contributed by atoms with Gasteiger partial charge in [-0.3, -0.25) is 15.0 Å². The highest BCUT2D eigenvalue weighted by Crippen LogP contribution is 2.22. The Balaban J connectivity index is 0.000000540. The summed E-state index contributed by atoms with van der Waals surface area (Å²) < 4.78 is 46.6. The minimum atomic E-state index is -5.08. The summed E-state index contributed by atoms with van der Waals surface area (Å²) >= 11 is 7.92. The van der Waals surface area contributed by atoms with E-state index in [1.165, 1.54) is 23.5 Å². The third-order valence-electron chi connectivity index (χ3n) is 4.54. The van der Waals surface area contributed by atoms with Crippen molar-refractivity contribution in [2.75, 3.05) is 25.4 Å². The molecule has 1 aromatic carbocycles. The molecule has 35 heavy (non-hydrogen) atoms. The summed E-state index contributed by atoms with van der Waals surface area (Å²) in [5, 5.41) is 17.6. The smallest absolute Gasteiger partial charge is 0.475 e. The number of nitrogens with one attached hydrogen (secondary N) is 2. The van der Waals surface area contributed by atoms with Crippen LogP contribution in [0, 0.1) is 11.2 Å². The number of alkyl halides is 3. The lowest BCUT2D eigenvalue weighted by Crippen LogP contribution is -2.27. The lowest BCUT2D eigenvalue weighted by Gasteiger charge is -2.18. The van der Waals surface area contributed by atoms with Crippen molar-refractivity contribution in [1.29, 1.82) is 5.41 Å². The summed E-state index contributed by atoms with van der Waals surface area (Å²) in [7, 11) is 0. The minimum Gasteiger partial charge on any atom is -0.475 e. The maximum absolute atomic E-state index is 14.4. The average Bonchev–Trinajstić information content (AvgIpc) is 3.47. The van der Waals surface area contributed by atoms with Gasteiger partial charge in [-0.1, -0.05) is 29.4 Å². The van der Waals surface area contributed by atoms with Crippen molar-refractivity contribution >= 4 is 57.5 Å². The number of carbonyl (C=O) groups excluding carboxylic acids is 2. The molecule has 0 bridgehead atoms. The molecule has 7 nitrogen and oxygen atoms in total. The van der Waals surface area contributed by atoms with Crippen molar-refractivity contribution < 1.29 is 37.1 Å². The number of carboxylic acid groups (broad SMARTS) is 1. The Labute approximate surface area is 211 Å². The molecule has 1 saturated heterocycles. The van der Waals surface area contributed by atoms with Crippen LogP contribution in [0.4, 0.5) is 17.6 Å². The van der Waals surface area contributed by atoms with E-state index in [0.29, 0.717) is 26.4 Å². The van der Waals surface area contributed by atoms with Crippen molar-refractivity contribution in [3.63, 3.8) is 0 Å². The van der Waals surface area contributed by atoms with Crippen molar-refractivity contribution in [2.45, 2.75) is 19.0 Å². The van der Waals surface area contributed by atoms with Crippen LogP contribution >= 0.6 is 34.7 Å². The fraction of sp³-hybridized carbons (Fsp3) is 0.333. The number of carbonyl (C=O) groups is 3. The summed E-state index contributed by atoms with van der Waals surface area (Å²) in [6, 6.07) is 7.57. The summed E-state index contributed by atoms with van der Waals surface area (Å²) in [6.45, 7) is 1.89. The molecular weight excluding hydrogens is 534 g/mol. The van der Waals surface area contributed by atoms with Crippen molar-refractivity contribution in [1.82, 2.24) is 10.2 Å². The molecule has 14 heteroatoms. The number of carboxylic acids is 1. The van der Waals surface area contributed by atoms with Crippen molar-refractivity contribution in [3.8, 4) is 0 Å². The standard InChI is InChI=1S/C19H19ClFN3O2S2.C2HF3O2/c20-16-6-5-15(28-16)18(25)23-7-10-27-19(26)13-4-3-12(11-14(13)21)17(22)24-8-1-2-9-24;3-2(4,5)1(6)7/h3-6,11,22H,1-2,7-10H2,(H,23,25);(H,6,7). The second-order valence-electron chi connectivity index (χ2n) is 7.04. The number of hydrogen-bond acceptors (Lipinski definition) is 6. The Bertz CT molecular complexity index is 1090. The number of halogens is 5. The second kappa shape index (κ2) is 12.9. The van der Waals surface area contributed by atoms with E-state index in [4.69, 9.17) is 26.9 Å². The largest absolute Gasteiger partial charge is 0.490 e. The number of likely N-dealkylation sites (tertiary alicyclic amines) is 1. The molecule has 1 aliphatic heterocycles. The highest BCUT2D eigenvalue weighted by molar-refractivity contribution is 8.14. The van der Waals surface area contributed by atoms with Gasteiger partial charge >= 0.3 is 12.1 Å². The zero-order valence-electron chi connectivity index (χ0n) is 18.0. The number of thiophene rings is 1. The Morgan fingerprint density at radius 1 is 1.17 bits per heavy atom. The van der Waals surface area contributed by atoms with E-state index in [2.05, 4.69) is 5.32 Å². The van der Waals surface area contributed by atoms with Gasteiger partial charge in [0.05, 0.1) is 14.8 Å². The number of thioether (sulfide) groups is 1. The van der Waals surface area contributed by atoms with Crippen LogP contribution < -0.4 is 5.32 Å². The van der Waals surface area contributed by atoms with E-state index in [1.54, 1.807) is 18.2 Å². The minimum absolute atomic E-state index is 0.0145. The van der Waals surface area contributed by atoms with Crippen LogP contribution in [0.2, 0.25) is 4.34 Å². The van der Waals surface area contributed by atoms with Gasteiger partial charge in [-0.25, -0.2) is 9.18 Å². The zero-order valence-corrected chi connectivity index (χ0v) is 20.3. The topological polar surface area (TPSA) is 111 Å². The van der Waals surface area contributed by atoms with Crippen LogP contribution in [0.25, 0.3) is 0 Å². The zero-order chi connectivity index (χ0) is 26.2. The number of rotatable bonds is 6. The second-order valence-corrected chi connectivity index (χ2v) is 9.82. The highest BCUT2D eigenvalue weighted by Gasteiger charge is 2.38. The number of amidine groups is 1. The molecule has 3 rings (SSSR count). The molecule has 0 saturated carbocycles. The van der Waals surface area contributed by atoms with Gasteiger partial charge in [-0.05, 0) is 37.1 Å². The Morgan fingerprint density at radius 2 is 1.80 bits per heavy atom. The molecule has 190 valence electrons. The lowest BCUT2D eigenvalue weighted by molar-refractivity contribution is -0.192. The first-order valence-electron chi connectivity index (χ1n) is 10.0. The van der Waals surface area contributed by atoms with Crippen LogP contribution in [0.1, 0.15) is 38.4 Å². The molecule has 0 radical (unpaired) electrons. The Morgan fingerprint density at radius 3 is 2.31 bits per heavy atom. The number of amides is 1. The molecular formula is C21H20ClF4N3O4S2. The molecule has 1 fully saturated rings. The molecule has 1 amide bonds. The molecule has 0 spiro atoms. The monoisotopic (exact) mass is 553 g/mol. The van der Waals surface area contributed by atoms with Crippen LogP contribution in [0.5, 0.6) is 0 Å². The number of nitrogens with zero attached hydrogens (tertiary/aromatic N) is 1.